The molecular formula is C10H7ClF3NO. The second-order valence-electron chi connectivity index (χ2n) is 2.94. The van der Waals surface area contributed by atoms with E-state index in [0.717, 1.165) is 12.1 Å². The molecule has 0 aromatic heterocycles. The molecule has 0 unspecified atom stereocenters. The third-order valence-electron chi connectivity index (χ3n) is 1.98. The molecule has 0 radical (unpaired) electrons. The molecule has 2 nitrogen and oxygen atoms in total. The van der Waals surface area contributed by atoms with E-state index in [0.29, 0.717) is 0 Å². The fraction of sp³-hybridized carbons (Fsp3) is 0.300. The van der Waals surface area contributed by atoms with E-state index in [9.17, 15) is 13.2 Å². The largest absolute Gasteiger partial charge is 0.496 e. The normalized spacial score (nSPS) is 11.0. The van der Waals surface area contributed by atoms with Crippen LogP contribution in [0.25, 0.3) is 0 Å². The monoisotopic (exact) mass is 249 g/mol. The van der Waals surface area contributed by atoms with E-state index in [2.05, 4.69) is 0 Å². The molecule has 0 aliphatic heterocycles. The van der Waals surface area contributed by atoms with Gasteiger partial charge in [-0.2, -0.15) is 18.4 Å². The van der Waals surface area contributed by atoms with Crippen LogP contribution in [-0.4, -0.2) is 7.11 Å². The van der Waals surface area contributed by atoms with Crippen molar-refractivity contribution in [3.05, 3.63) is 28.3 Å². The van der Waals surface area contributed by atoms with Crippen molar-refractivity contribution in [1.82, 2.24) is 0 Å². The highest BCUT2D eigenvalue weighted by atomic mass is 35.5. The van der Waals surface area contributed by atoms with Crippen molar-refractivity contribution in [3.8, 4) is 11.8 Å². The second kappa shape index (κ2) is 4.62. The van der Waals surface area contributed by atoms with Gasteiger partial charge < -0.3 is 4.74 Å². The predicted molar refractivity (Wildman–Crippen MR) is 52.3 cm³/mol. The molecule has 86 valence electrons. The number of methoxy groups -OCH3 is 1. The lowest BCUT2D eigenvalue weighted by Gasteiger charge is -2.13. The minimum atomic E-state index is -4.53. The van der Waals surface area contributed by atoms with E-state index in [-0.39, 0.29) is 17.7 Å². The number of nitrogens with zero attached hydrogens (tertiary/aromatic N) is 1. The second-order valence-corrected chi connectivity index (χ2v) is 3.32. The van der Waals surface area contributed by atoms with Gasteiger partial charge in [-0.15, -0.1) is 0 Å². The van der Waals surface area contributed by atoms with Crippen LogP contribution in [0.1, 0.15) is 11.1 Å². The summed E-state index contributed by atoms with van der Waals surface area (Å²) in [5.41, 5.74) is -0.901. The maximum atomic E-state index is 12.5. The summed E-state index contributed by atoms with van der Waals surface area (Å²) < 4.78 is 42.3. The van der Waals surface area contributed by atoms with Crippen molar-refractivity contribution >= 4 is 11.6 Å². The average molecular weight is 250 g/mol. The van der Waals surface area contributed by atoms with Gasteiger partial charge in [0.2, 0.25) is 0 Å². The number of halogens is 4. The molecule has 0 fully saturated rings. The van der Waals surface area contributed by atoms with Gasteiger partial charge in [-0.25, -0.2) is 0 Å². The van der Waals surface area contributed by atoms with E-state index >= 15 is 0 Å². The SMILES string of the molecule is COc1ccc(C(F)(F)F)c(Cl)c1CC#N. The van der Waals surface area contributed by atoms with Crippen LogP contribution >= 0.6 is 11.6 Å². The Balaban J connectivity index is 3.39. The van der Waals surface area contributed by atoms with Crippen LogP contribution in [0, 0.1) is 11.3 Å². The molecule has 1 rings (SSSR count). The lowest BCUT2D eigenvalue weighted by Crippen LogP contribution is -2.08. The molecule has 0 heterocycles. The van der Waals surface area contributed by atoms with Crippen LogP contribution < -0.4 is 4.74 Å². The van der Waals surface area contributed by atoms with Crippen LogP contribution in [0.15, 0.2) is 12.1 Å². The van der Waals surface area contributed by atoms with E-state index < -0.39 is 16.8 Å². The molecule has 6 heteroatoms. The van der Waals surface area contributed by atoms with Gasteiger partial charge in [0, 0.05) is 5.56 Å². The quantitative estimate of drug-likeness (QED) is 0.804. The van der Waals surface area contributed by atoms with Gasteiger partial charge in [-0.05, 0) is 12.1 Å². The number of hydrogen-bond acceptors (Lipinski definition) is 2. The third-order valence-corrected chi connectivity index (χ3v) is 2.41. The topological polar surface area (TPSA) is 33.0 Å². The first-order valence-corrected chi connectivity index (χ1v) is 4.59. The first-order chi connectivity index (χ1) is 7.41. The zero-order valence-electron chi connectivity index (χ0n) is 8.23. The number of alkyl halides is 3. The summed E-state index contributed by atoms with van der Waals surface area (Å²) in [5.74, 6) is 0.180. The molecular weight excluding hydrogens is 243 g/mol. The summed E-state index contributed by atoms with van der Waals surface area (Å²) in [4.78, 5) is 0. The Morgan fingerprint density at radius 1 is 1.44 bits per heavy atom. The fourth-order valence-electron chi connectivity index (χ4n) is 1.26. The Bertz CT molecular complexity index is 437. The van der Waals surface area contributed by atoms with Gasteiger partial charge in [-0.1, -0.05) is 11.6 Å². The average Bonchev–Trinajstić information content (AvgIpc) is 2.19. The number of ether oxygens (including phenoxy) is 1. The van der Waals surface area contributed by atoms with Gasteiger partial charge in [0.1, 0.15) is 5.75 Å². The van der Waals surface area contributed by atoms with Crippen molar-refractivity contribution in [2.24, 2.45) is 0 Å². The minimum absolute atomic E-state index is 0.0569. The molecule has 16 heavy (non-hydrogen) atoms. The third kappa shape index (κ3) is 2.39. The van der Waals surface area contributed by atoms with Crippen LogP contribution in [0.4, 0.5) is 13.2 Å². The minimum Gasteiger partial charge on any atom is -0.496 e. The predicted octanol–water partition coefficient (Wildman–Crippen LogP) is 3.43. The van der Waals surface area contributed by atoms with Crippen molar-refractivity contribution in [3.63, 3.8) is 0 Å². The number of hydrogen-bond donors (Lipinski definition) is 0. The van der Waals surface area contributed by atoms with Crippen molar-refractivity contribution < 1.29 is 17.9 Å². The molecule has 1 aromatic carbocycles. The van der Waals surface area contributed by atoms with E-state index in [1.165, 1.54) is 7.11 Å². The molecule has 0 amide bonds. The number of rotatable bonds is 2. The first-order valence-electron chi connectivity index (χ1n) is 4.21. The lowest BCUT2D eigenvalue weighted by molar-refractivity contribution is -0.137. The van der Waals surface area contributed by atoms with E-state index in [4.69, 9.17) is 21.6 Å². The van der Waals surface area contributed by atoms with Crippen LogP contribution in [0.3, 0.4) is 0 Å². The number of benzene rings is 1. The zero-order chi connectivity index (χ0) is 12.3. The summed E-state index contributed by atoms with van der Waals surface area (Å²) in [6.07, 6.45) is -4.76. The molecule has 0 saturated heterocycles. The van der Waals surface area contributed by atoms with E-state index in [1.807, 2.05) is 0 Å². The van der Waals surface area contributed by atoms with E-state index in [1.54, 1.807) is 6.07 Å². The van der Waals surface area contributed by atoms with Crippen molar-refractivity contribution in [2.75, 3.05) is 7.11 Å². The summed E-state index contributed by atoms with van der Waals surface area (Å²) in [6, 6.07) is 3.74. The highest BCUT2D eigenvalue weighted by molar-refractivity contribution is 6.32. The van der Waals surface area contributed by atoms with Gasteiger partial charge in [-0.3, -0.25) is 0 Å². The lowest BCUT2D eigenvalue weighted by atomic mass is 10.1. The zero-order valence-corrected chi connectivity index (χ0v) is 8.99. The summed E-state index contributed by atoms with van der Waals surface area (Å²) >= 11 is 5.61. The molecule has 0 saturated carbocycles. The smallest absolute Gasteiger partial charge is 0.417 e. The Kier molecular flexibility index (Phi) is 3.66. The molecule has 0 bridgehead atoms. The first kappa shape index (κ1) is 12.7. The van der Waals surface area contributed by atoms with Crippen molar-refractivity contribution in [1.29, 1.82) is 5.26 Å². The Labute approximate surface area is 95.2 Å². The summed E-state index contributed by atoms with van der Waals surface area (Å²) in [7, 11) is 1.31. The van der Waals surface area contributed by atoms with Crippen LogP contribution in [0.5, 0.6) is 5.75 Å². The van der Waals surface area contributed by atoms with Crippen molar-refractivity contribution in [2.45, 2.75) is 12.6 Å². The Hall–Kier alpha value is -1.41. The maximum Gasteiger partial charge on any atom is 0.417 e. The Morgan fingerprint density at radius 2 is 2.06 bits per heavy atom. The summed E-state index contributed by atoms with van der Waals surface area (Å²) in [5, 5.41) is 8.03. The standard InChI is InChI=1S/C10H7ClF3NO/c1-16-8-3-2-7(10(12,13)14)9(11)6(8)4-5-15/h2-3H,4H2,1H3. The molecule has 0 aliphatic rings. The highest BCUT2D eigenvalue weighted by Gasteiger charge is 2.34. The van der Waals surface area contributed by atoms with Gasteiger partial charge in [0.25, 0.3) is 0 Å². The molecule has 0 N–H and O–H groups in total. The summed E-state index contributed by atoms with van der Waals surface area (Å²) in [6.45, 7) is 0. The van der Waals surface area contributed by atoms with Crippen LogP contribution in [0.2, 0.25) is 5.02 Å². The molecule has 0 aliphatic carbocycles. The highest BCUT2D eigenvalue weighted by Crippen LogP contribution is 2.39. The molecule has 0 spiro atoms. The molecule has 0 atom stereocenters. The molecule has 1 aromatic rings. The van der Waals surface area contributed by atoms with Gasteiger partial charge in [0.15, 0.2) is 0 Å². The van der Waals surface area contributed by atoms with Gasteiger partial charge in [0.05, 0.1) is 30.2 Å². The Morgan fingerprint density at radius 3 is 2.50 bits per heavy atom. The fourth-order valence-corrected chi connectivity index (χ4v) is 1.59. The number of nitriles is 1. The van der Waals surface area contributed by atoms with Crippen LogP contribution in [-0.2, 0) is 12.6 Å². The van der Waals surface area contributed by atoms with Gasteiger partial charge >= 0.3 is 6.18 Å². The maximum absolute atomic E-state index is 12.5.